The molecule has 1 amide bonds. The van der Waals surface area contributed by atoms with Crippen LogP contribution in [-0.4, -0.2) is 60.6 Å². The van der Waals surface area contributed by atoms with Crippen molar-refractivity contribution in [3.63, 3.8) is 0 Å². The highest BCUT2D eigenvalue weighted by atomic mass is 32.2. The van der Waals surface area contributed by atoms with E-state index in [0.29, 0.717) is 13.0 Å². The van der Waals surface area contributed by atoms with E-state index in [9.17, 15) is 13.2 Å². The molecule has 2 heterocycles. The molecule has 1 atom stereocenters. The van der Waals surface area contributed by atoms with E-state index < -0.39 is 9.84 Å². The van der Waals surface area contributed by atoms with E-state index in [1.807, 2.05) is 35.2 Å². The van der Waals surface area contributed by atoms with Crippen LogP contribution in [0, 0.1) is 0 Å². The lowest BCUT2D eigenvalue weighted by atomic mass is 10.1. The minimum Gasteiger partial charge on any atom is -0.351 e. The number of benzene rings is 1. The summed E-state index contributed by atoms with van der Waals surface area (Å²) in [4.78, 5) is 14.0. The average Bonchev–Trinajstić information content (AvgIpc) is 3.20. The summed E-state index contributed by atoms with van der Waals surface area (Å²) in [6.07, 6.45) is 2.29. The number of rotatable bonds is 6. The Kier molecular flexibility index (Phi) is 5.19. The van der Waals surface area contributed by atoms with Crippen molar-refractivity contribution in [3.8, 4) is 11.3 Å². The van der Waals surface area contributed by atoms with Crippen molar-refractivity contribution >= 4 is 15.7 Å². The number of sulfone groups is 1. The Morgan fingerprint density at radius 3 is 2.80 bits per heavy atom. The molecule has 1 aliphatic rings. The van der Waals surface area contributed by atoms with Crippen molar-refractivity contribution in [1.82, 2.24) is 20.4 Å². The molecule has 1 saturated heterocycles. The second-order valence-electron chi connectivity index (χ2n) is 6.38. The highest BCUT2D eigenvalue weighted by molar-refractivity contribution is 7.91. The molecule has 2 N–H and O–H groups in total. The Balaban J connectivity index is 1.54. The number of likely N-dealkylation sites (N-methyl/N-ethyl adjacent to an activating group) is 1. The zero-order valence-electron chi connectivity index (χ0n) is 14.1. The van der Waals surface area contributed by atoms with Crippen LogP contribution in [0.25, 0.3) is 11.3 Å². The minimum atomic E-state index is -2.95. The lowest BCUT2D eigenvalue weighted by Crippen LogP contribution is -2.41. The first-order chi connectivity index (χ1) is 11.9. The van der Waals surface area contributed by atoms with E-state index in [-0.39, 0.29) is 30.0 Å². The lowest BCUT2D eigenvalue weighted by molar-refractivity contribution is -0.122. The predicted octanol–water partition coefficient (Wildman–Crippen LogP) is 0.812. The van der Waals surface area contributed by atoms with Crippen LogP contribution in [-0.2, 0) is 21.2 Å². The fraction of sp³-hybridized carbons (Fsp3) is 0.412. The second-order valence-corrected chi connectivity index (χ2v) is 8.61. The van der Waals surface area contributed by atoms with Gasteiger partial charge in [0.25, 0.3) is 0 Å². The molecule has 134 valence electrons. The summed E-state index contributed by atoms with van der Waals surface area (Å²) in [5.74, 6) is 0.211. The first kappa shape index (κ1) is 17.6. The van der Waals surface area contributed by atoms with Gasteiger partial charge in [0.05, 0.1) is 29.9 Å². The minimum absolute atomic E-state index is 0.0791. The number of amides is 1. The highest BCUT2D eigenvalue weighted by Gasteiger charge is 2.31. The molecule has 25 heavy (non-hydrogen) atoms. The Hall–Kier alpha value is -2.19. The van der Waals surface area contributed by atoms with Crippen LogP contribution in [0.5, 0.6) is 0 Å². The summed E-state index contributed by atoms with van der Waals surface area (Å²) in [5.41, 5.74) is 2.80. The first-order valence-corrected chi connectivity index (χ1v) is 10.0. The van der Waals surface area contributed by atoms with Crippen LogP contribution in [0.3, 0.4) is 0 Å². The number of carbonyl (C=O) groups excluding carboxylic acids is 1. The number of H-pyrrole nitrogens is 1. The third-order valence-corrected chi connectivity index (χ3v) is 6.23. The van der Waals surface area contributed by atoms with Crippen molar-refractivity contribution in [1.29, 1.82) is 0 Å². The summed E-state index contributed by atoms with van der Waals surface area (Å²) >= 11 is 0. The summed E-state index contributed by atoms with van der Waals surface area (Å²) in [7, 11) is -1.16. The molecule has 1 aromatic heterocycles. The molecule has 8 heteroatoms. The number of carbonyl (C=O) groups is 1. The quantitative estimate of drug-likeness (QED) is 0.793. The normalized spacial score (nSPS) is 19.2. The Bertz CT molecular complexity index is 833. The smallest absolute Gasteiger partial charge is 0.234 e. The fourth-order valence-electron chi connectivity index (χ4n) is 3.03. The third kappa shape index (κ3) is 4.46. The van der Waals surface area contributed by atoms with Gasteiger partial charge in [0, 0.05) is 18.2 Å². The van der Waals surface area contributed by atoms with Gasteiger partial charge in [-0.05, 0) is 19.0 Å². The van der Waals surface area contributed by atoms with Crippen molar-refractivity contribution in [2.24, 2.45) is 0 Å². The van der Waals surface area contributed by atoms with Crippen molar-refractivity contribution in [3.05, 3.63) is 42.1 Å². The number of aromatic nitrogens is 2. The highest BCUT2D eigenvalue weighted by Crippen LogP contribution is 2.20. The maximum absolute atomic E-state index is 12.2. The fourth-order valence-corrected chi connectivity index (χ4v) is 4.83. The maximum atomic E-state index is 12.2. The van der Waals surface area contributed by atoms with Crippen molar-refractivity contribution < 1.29 is 13.2 Å². The molecule has 1 aromatic carbocycles. The molecule has 1 fully saturated rings. The van der Waals surface area contributed by atoms with E-state index >= 15 is 0 Å². The molecule has 7 nitrogen and oxygen atoms in total. The van der Waals surface area contributed by atoms with Crippen LogP contribution >= 0.6 is 0 Å². The summed E-state index contributed by atoms with van der Waals surface area (Å²) in [5, 5.41) is 9.91. The standard InChI is InChI=1S/C17H22N4O3S/c1-21(15-7-8-25(23,24)12-15)11-16(22)18-9-14-10-19-20-17(14)13-5-3-2-4-6-13/h2-6,10,15H,7-9,11-12H2,1H3,(H,18,22)(H,19,20)/t15-/m1/s1. The third-order valence-electron chi connectivity index (χ3n) is 4.48. The van der Waals surface area contributed by atoms with Gasteiger partial charge in [-0.3, -0.25) is 14.8 Å². The van der Waals surface area contributed by atoms with Crippen LogP contribution in [0.1, 0.15) is 12.0 Å². The van der Waals surface area contributed by atoms with Crippen molar-refractivity contribution in [2.75, 3.05) is 25.1 Å². The molecule has 0 radical (unpaired) electrons. The van der Waals surface area contributed by atoms with Gasteiger partial charge in [-0.25, -0.2) is 8.42 Å². The molecular weight excluding hydrogens is 340 g/mol. The van der Waals surface area contributed by atoms with Crippen molar-refractivity contribution in [2.45, 2.75) is 19.0 Å². The van der Waals surface area contributed by atoms with Gasteiger partial charge in [-0.1, -0.05) is 30.3 Å². The number of hydrogen-bond acceptors (Lipinski definition) is 5. The topological polar surface area (TPSA) is 95.2 Å². The molecule has 0 spiro atoms. The van der Waals surface area contributed by atoms with E-state index in [0.717, 1.165) is 16.8 Å². The molecule has 2 aromatic rings. The monoisotopic (exact) mass is 362 g/mol. The van der Waals surface area contributed by atoms with Crippen LogP contribution in [0.4, 0.5) is 0 Å². The average molecular weight is 362 g/mol. The van der Waals surface area contributed by atoms with Gasteiger partial charge in [-0.2, -0.15) is 5.10 Å². The Morgan fingerprint density at radius 2 is 2.12 bits per heavy atom. The molecule has 0 aliphatic carbocycles. The van der Waals surface area contributed by atoms with Gasteiger partial charge in [0.1, 0.15) is 0 Å². The van der Waals surface area contributed by atoms with Gasteiger partial charge < -0.3 is 5.32 Å². The van der Waals surface area contributed by atoms with E-state index in [2.05, 4.69) is 15.5 Å². The maximum Gasteiger partial charge on any atom is 0.234 e. The molecule has 3 rings (SSSR count). The summed E-state index contributed by atoms with van der Waals surface area (Å²) in [6, 6.07) is 9.72. The van der Waals surface area contributed by atoms with Crippen LogP contribution < -0.4 is 5.32 Å². The van der Waals surface area contributed by atoms with Gasteiger partial charge in [0.2, 0.25) is 5.91 Å². The van der Waals surface area contributed by atoms with E-state index in [1.54, 1.807) is 13.2 Å². The molecule has 0 unspecified atom stereocenters. The zero-order chi connectivity index (χ0) is 17.9. The number of nitrogens with zero attached hydrogens (tertiary/aromatic N) is 2. The molecule has 0 bridgehead atoms. The van der Waals surface area contributed by atoms with Crippen LogP contribution in [0.2, 0.25) is 0 Å². The van der Waals surface area contributed by atoms with Crippen LogP contribution in [0.15, 0.2) is 36.5 Å². The summed E-state index contributed by atoms with van der Waals surface area (Å²) in [6.45, 7) is 0.551. The zero-order valence-corrected chi connectivity index (χ0v) is 14.9. The van der Waals surface area contributed by atoms with E-state index in [4.69, 9.17) is 0 Å². The Labute approximate surface area is 147 Å². The number of hydrogen-bond donors (Lipinski definition) is 2. The van der Waals surface area contributed by atoms with E-state index in [1.165, 1.54) is 0 Å². The largest absolute Gasteiger partial charge is 0.351 e. The molecule has 1 aliphatic heterocycles. The van der Waals surface area contributed by atoms with Gasteiger partial charge in [-0.15, -0.1) is 0 Å². The molecular formula is C17H22N4O3S. The molecule has 0 saturated carbocycles. The lowest BCUT2D eigenvalue weighted by Gasteiger charge is -2.22. The SMILES string of the molecule is CN(CC(=O)NCc1cn[nH]c1-c1ccccc1)[C@@H]1CCS(=O)(=O)C1. The number of aromatic amines is 1. The van der Waals surface area contributed by atoms with Gasteiger partial charge in [0.15, 0.2) is 9.84 Å². The Morgan fingerprint density at radius 1 is 1.36 bits per heavy atom. The predicted molar refractivity (Wildman–Crippen MR) is 95.6 cm³/mol. The second kappa shape index (κ2) is 7.37. The first-order valence-electron chi connectivity index (χ1n) is 8.19. The summed E-state index contributed by atoms with van der Waals surface area (Å²) < 4.78 is 23.1. The van der Waals surface area contributed by atoms with Gasteiger partial charge >= 0.3 is 0 Å². The number of nitrogens with one attached hydrogen (secondary N) is 2.